The van der Waals surface area contributed by atoms with Gasteiger partial charge in [0.25, 0.3) is 0 Å². The third-order valence-corrected chi connectivity index (χ3v) is 2.82. The minimum atomic E-state index is -0.283. The fraction of sp³-hybridized carbons (Fsp3) is 0.545. The Morgan fingerprint density at radius 2 is 2.21 bits per heavy atom. The molecule has 1 aliphatic rings. The second-order valence-corrected chi connectivity index (χ2v) is 3.87. The van der Waals surface area contributed by atoms with Crippen LogP contribution in [0, 0.1) is 0 Å². The summed E-state index contributed by atoms with van der Waals surface area (Å²) in [7, 11) is 0. The van der Waals surface area contributed by atoms with E-state index in [0.717, 1.165) is 18.4 Å². The lowest BCUT2D eigenvalue weighted by molar-refractivity contribution is 0.267. The van der Waals surface area contributed by atoms with Gasteiger partial charge in [-0.2, -0.15) is 0 Å². The summed E-state index contributed by atoms with van der Waals surface area (Å²) in [5.41, 5.74) is 9.22. The average molecular weight is 192 g/mol. The summed E-state index contributed by atoms with van der Waals surface area (Å²) < 4.78 is 0. The zero-order valence-corrected chi connectivity index (χ0v) is 8.24. The van der Waals surface area contributed by atoms with Crippen LogP contribution < -0.4 is 5.73 Å². The van der Waals surface area contributed by atoms with E-state index in [4.69, 9.17) is 10.8 Å². The van der Waals surface area contributed by atoms with Crippen LogP contribution in [-0.2, 0) is 12.8 Å². The maximum absolute atomic E-state index is 8.94. The molecule has 1 aromatic heterocycles. The molecule has 0 radical (unpaired) electrons. The molecule has 0 aromatic carbocycles. The molecule has 2 rings (SSSR count). The predicted octanol–water partition coefficient (Wildman–Crippen LogP) is 0.953. The summed E-state index contributed by atoms with van der Waals surface area (Å²) in [6.45, 7) is -0.0134. The van der Waals surface area contributed by atoms with Crippen molar-refractivity contribution >= 4 is 0 Å². The molecule has 1 aliphatic carbocycles. The van der Waals surface area contributed by atoms with Gasteiger partial charge in [-0.1, -0.05) is 6.07 Å². The monoisotopic (exact) mass is 192 g/mol. The predicted molar refractivity (Wildman–Crippen MR) is 54.9 cm³/mol. The number of rotatable bonds is 2. The average Bonchev–Trinajstić information content (AvgIpc) is 2.27. The smallest absolute Gasteiger partial charge is 0.0624 e. The number of hydrogen-bond donors (Lipinski definition) is 2. The largest absolute Gasteiger partial charge is 0.394 e. The molecule has 3 nitrogen and oxygen atoms in total. The van der Waals surface area contributed by atoms with Gasteiger partial charge in [0.1, 0.15) is 0 Å². The molecule has 1 heterocycles. The number of aliphatic hydroxyl groups is 1. The van der Waals surface area contributed by atoms with Gasteiger partial charge < -0.3 is 10.8 Å². The van der Waals surface area contributed by atoms with E-state index in [1.807, 2.05) is 0 Å². The molecule has 0 spiro atoms. The Balaban J connectivity index is 2.29. The van der Waals surface area contributed by atoms with E-state index in [9.17, 15) is 0 Å². The van der Waals surface area contributed by atoms with E-state index in [-0.39, 0.29) is 12.6 Å². The quantitative estimate of drug-likeness (QED) is 0.733. The molecule has 76 valence electrons. The van der Waals surface area contributed by atoms with Gasteiger partial charge in [-0.25, -0.2) is 0 Å². The zero-order valence-electron chi connectivity index (χ0n) is 8.24. The first-order chi connectivity index (χ1) is 6.81. The minimum Gasteiger partial charge on any atom is -0.394 e. The molecule has 1 atom stereocenters. The van der Waals surface area contributed by atoms with Gasteiger partial charge in [0, 0.05) is 11.9 Å². The van der Waals surface area contributed by atoms with Gasteiger partial charge in [-0.3, -0.25) is 4.98 Å². The van der Waals surface area contributed by atoms with Gasteiger partial charge in [-0.15, -0.1) is 0 Å². The number of nitrogens with zero attached hydrogens (tertiary/aromatic N) is 1. The molecule has 0 aliphatic heterocycles. The van der Waals surface area contributed by atoms with E-state index >= 15 is 0 Å². The van der Waals surface area contributed by atoms with Crippen molar-refractivity contribution in [1.82, 2.24) is 4.98 Å². The lowest BCUT2D eigenvalue weighted by atomic mass is 9.94. The highest BCUT2D eigenvalue weighted by Crippen LogP contribution is 2.21. The summed E-state index contributed by atoms with van der Waals surface area (Å²) in [6.07, 6.45) is 6.47. The Hall–Kier alpha value is -0.930. The van der Waals surface area contributed by atoms with Gasteiger partial charge in [-0.05, 0) is 36.8 Å². The molecular formula is C11H16N2O. The van der Waals surface area contributed by atoms with E-state index in [0.29, 0.717) is 0 Å². The molecule has 0 fully saturated rings. The van der Waals surface area contributed by atoms with Crippen LogP contribution in [0.25, 0.3) is 0 Å². The fourth-order valence-electron chi connectivity index (χ4n) is 1.91. The molecule has 1 aromatic rings. The summed E-state index contributed by atoms with van der Waals surface area (Å²) >= 11 is 0. The Kier molecular flexibility index (Phi) is 2.79. The fourth-order valence-corrected chi connectivity index (χ4v) is 1.91. The van der Waals surface area contributed by atoms with Crippen LogP contribution in [0.1, 0.15) is 35.7 Å². The van der Waals surface area contributed by atoms with Gasteiger partial charge in [0.15, 0.2) is 0 Å². The number of hydrogen-bond acceptors (Lipinski definition) is 3. The van der Waals surface area contributed by atoms with Crippen LogP contribution in [0.3, 0.4) is 0 Å². The van der Waals surface area contributed by atoms with Crippen molar-refractivity contribution < 1.29 is 5.11 Å². The molecule has 0 saturated carbocycles. The Morgan fingerprint density at radius 1 is 1.43 bits per heavy atom. The van der Waals surface area contributed by atoms with Crippen LogP contribution >= 0.6 is 0 Å². The highest BCUT2D eigenvalue weighted by molar-refractivity contribution is 5.29. The Bertz CT molecular complexity index is 325. The van der Waals surface area contributed by atoms with E-state index in [2.05, 4.69) is 11.1 Å². The minimum absolute atomic E-state index is 0.0134. The molecule has 3 N–H and O–H groups in total. The maximum Gasteiger partial charge on any atom is 0.0624 e. The van der Waals surface area contributed by atoms with Crippen molar-refractivity contribution in [2.75, 3.05) is 6.61 Å². The van der Waals surface area contributed by atoms with Gasteiger partial charge in [0.2, 0.25) is 0 Å². The van der Waals surface area contributed by atoms with Crippen LogP contribution in [0.2, 0.25) is 0 Å². The van der Waals surface area contributed by atoms with Gasteiger partial charge >= 0.3 is 0 Å². The molecule has 1 unspecified atom stereocenters. The standard InChI is InChI=1S/C11H16N2O/c12-10(7-14)9-5-8-3-1-2-4-11(8)13-6-9/h5-6,10,14H,1-4,7,12H2. The Labute approximate surface area is 84.0 Å². The number of aliphatic hydroxyl groups excluding tert-OH is 1. The summed E-state index contributed by atoms with van der Waals surface area (Å²) in [5.74, 6) is 0. The molecule has 3 heteroatoms. The van der Waals surface area contributed by atoms with Crippen molar-refractivity contribution in [2.45, 2.75) is 31.7 Å². The van der Waals surface area contributed by atoms with Crippen LogP contribution in [0.4, 0.5) is 0 Å². The molecule has 0 bridgehead atoms. The van der Waals surface area contributed by atoms with Crippen LogP contribution in [-0.4, -0.2) is 16.7 Å². The Morgan fingerprint density at radius 3 is 3.00 bits per heavy atom. The number of pyridine rings is 1. The second kappa shape index (κ2) is 4.07. The zero-order chi connectivity index (χ0) is 9.97. The number of aryl methyl sites for hydroxylation is 2. The first-order valence-electron chi connectivity index (χ1n) is 5.15. The van der Waals surface area contributed by atoms with E-state index < -0.39 is 0 Å². The SMILES string of the molecule is NC(CO)c1cnc2c(c1)CCCC2. The van der Waals surface area contributed by atoms with Crippen molar-refractivity contribution in [3.05, 3.63) is 29.1 Å². The summed E-state index contributed by atoms with van der Waals surface area (Å²) in [5, 5.41) is 8.94. The van der Waals surface area contributed by atoms with E-state index in [1.165, 1.54) is 24.1 Å². The number of aromatic nitrogens is 1. The number of nitrogens with two attached hydrogens (primary N) is 1. The van der Waals surface area contributed by atoms with Crippen molar-refractivity contribution in [3.8, 4) is 0 Å². The highest BCUT2D eigenvalue weighted by atomic mass is 16.3. The molecule has 14 heavy (non-hydrogen) atoms. The third-order valence-electron chi connectivity index (χ3n) is 2.82. The summed E-state index contributed by atoms with van der Waals surface area (Å²) in [4.78, 5) is 4.40. The summed E-state index contributed by atoms with van der Waals surface area (Å²) in [6, 6.07) is 1.82. The van der Waals surface area contributed by atoms with Crippen LogP contribution in [0.15, 0.2) is 12.3 Å². The normalized spacial score (nSPS) is 17.6. The first kappa shape index (κ1) is 9.62. The molecular weight excluding hydrogens is 176 g/mol. The highest BCUT2D eigenvalue weighted by Gasteiger charge is 2.13. The van der Waals surface area contributed by atoms with Crippen molar-refractivity contribution in [2.24, 2.45) is 5.73 Å². The van der Waals surface area contributed by atoms with Crippen LogP contribution in [0.5, 0.6) is 0 Å². The first-order valence-corrected chi connectivity index (χ1v) is 5.15. The number of fused-ring (bicyclic) bond motifs is 1. The lowest BCUT2D eigenvalue weighted by Gasteiger charge is -2.17. The second-order valence-electron chi connectivity index (χ2n) is 3.87. The molecule has 0 saturated heterocycles. The lowest BCUT2D eigenvalue weighted by Crippen LogP contribution is -2.16. The van der Waals surface area contributed by atoms with Crippen molar-refractivity contribution in [3.63, 3.8) is 0 Å². The topological polar surface area (TPSA) is 59.1 Å². The van der Waals surface area contributed by atoms with Crippen molar-refractivity contribution in [1.29, 1.82) is 0 Å². The van der Waals surface area contributed by atoms with Gasteiger partial charge in [0.05, 0.1) is 12.6 Å². The third kappa shape index (κ3) is 1.79. The molecule has 0 amide bonds. The maximum atomic E-state index is 8.94. The van der Waals surface area contributed by atoms with E-state index in [1.54, 1.807) is 6.20 Å².